The van der Waals surface area contributed by atoms with Gasteiger partial charge in [0.1, 0.15) is 17.0 Å². The number of amides is 1. The minimum atomic E-state index is -1.14. The number of rotatable bonds is 5. The van der Waals surface area contributed by atoms with Gasteiger partial charge in [-0.2, -0.15) is 0 Å². The first-order chi connectivity index (χ1) is 11.9. The summed E-state index contributed by atoms with van der Waals surface area (Å²) in [4.78, 5) is 14.3. The van der Waals surface area contributed by atoms with E-state index < -0.39 is 5.60 Å². The van der Waals surface area contributed by atoms with Crippen molar-refractivity contribution in [3.05, 3.63) is 41.7 Å². The van der Waals surface area contributed by atoms with Gasteiger partial charge in [-0.15, -0.1) is 5.10 Å². The Morgan fingerprint density at radius 1 is 1.40 bits per heavy atom. The molecule has 0 aliphatic carbocycles. The molecule has 1 aromatic heterocycles. The van der Waals surface area contributed by atoms with Gasteiger partial charge in [0.25, 0.3) is 0 Å². The maximum atomic E-state index is 12.6. The van der Waals surface area contributed by atoms with Crippen LogP contribution in [-0.4, -0.2) is 51.1 Å². The first-order valence-corrected chi connectivity index (χ1v) is 8.47. The summed E-state index contributed by atoms with van der Waals surface area (Å²) in [6.07, 6.45) is 2.47. The molecule has 2 aromatic rings. The van der Waals surface area contributed by atoms with E-state index in [0.717, 1.165) is 5.56 Å². The molecular formula is C18H24N4O3. The van der Waals surface area contributed by atoms with E-state index in [1.54, 1.807) is 22.9 Å². The van der Waals surface area contributed by atoms with E-state index in [9.17, 15) is 9.90 Å². The van der Waals surface area contributed by atoms with Gasteiger partial charge in [-0.05, 0) is 19.9 Å². The van der Waals surface area contributed by atoms with Crippen LogP contribution in [0.5, 0.6) is 5.75 Å². The van der Waals surface area contributed by atoms with Crippen LogP contribution in [0.15, 0.2) is 30.5 Å². The molecule has 1 atom stereocenters. The van der Waals surface area contributed by atoms with Crippen molar-refractivity contribution in [1.82, 2.24) is 19.9 Å². The van der Waals surface area contributed by atoms with Crippen molar-refractivity contribution in [3.8, 4) is 5.75 Å². The third-order valence-corrected chi connectivity index (χ3v) is 4.65. The van der Waals surface area contributed by atoms with Crippen LogP contribution in [0.2, 0.25) is 0 Å². The molecule has 134 valence electrons. The van der Waals surface area contributed by atoms with Gasteiger partial charge in [0.05, 0.1) is 26.3 Å². The van der Waals surface area contributed by atoms with Crippen molar-refractivity contribution in [3.63, 3.8) is 0 Å². The van der Waals surface area contributed by atoms with Crippen LogP contribution in [0.25, 0.3) is 0 Å². The highest BCUT2D eigenvalue weighted by Gasteiger charge is 2.41. The standard InChI is InChI=1S/C18H24N4O3/c1-13(2)22-11-16(19-20-22)18(24)8-9-21(12-18)17(23)10-14-6-4-5-7-15(14)25-3/h4-7,11,13,24H,8-10,12H2,1-3H3/t18-/m1/s1. The Balaban J connectivity index is 1.70. The molecule has 1 aromatic carbocycles. The van der Waals surface area contributed by atoms with Gasteiger partial charge in [0.2, 0.25) is 5.91 Å². The molecule has 1 amide bonds. The topological polar surface area (TPSA) is 80.5 Å². The fourth-order valence-electron chi connectivity index (χ4n) is 3.08. The zero-order valence-corrected chi connectivity index (χ0v) is 14.8. The highest BCUT2D eigenvalue weighted by Crippen LogP contribution is 2.31. The van der Waals surface area contributed by atoms with Gasteiger partial charge in [-0.1, -0.05) is 23.4 Å². The van der Waals surface area contributed by atoms with E-state index in [4.69, 9.17) is 4.74 Å². The number of nitrogens with zero attached hydrogens (tertiary/aromatic N) is 4. The van der Waals surface area contributed by atoms with E-state index >= 15 is 0 Å². The van der Waals surface area contributed by atoms with E-state index in [-0.39, 0.29) is 24.9 Å². The number of benzene rings is 1. The van der Waals surface area contributed by atoms with Gasteiger partial charge in [0.15, 0.2) is 0 Å². The van der Waals surface area contributed by atoms with Gasteiger partial charge in [0, 0.05) is 24.6 Å². The number of hydrogen-bond donors (Lipinski definition) is 1. The number of carbonyl (C=O) groups is 1. The monoisotopic (exact) mass is 344 g/mol. The Morgan fingerprint density at radius 2 is 2.16 bits per heavy atom. The van der Waals surface area contributed by atoms with Crippen molar-refractivity contribution >= 4 is 5.91 Å². The summed E-state index contributed by atoms with van der Waals surface area (Å²) >= 11 is 0. The second-order valence-electron chi connectivity index (χ2n) is 6.76. The molecule has 1 aliphatic rings. The molecular weight excluding hydrogens is 320 g/mol. The summed E-state index contributed by atoms with van der Waals surface area (Å²) in [6.45, 7) is 4.73. The molecule has 0 saturated carbocycles. The zero-order valence-electron chi connectivity index (χ0n) is 14.8. The van der Waals surface area contributed by atoms with Crippen LogP contribution in [0.4, 0.5) is 0 Å². The summed E-state index contributed by atoms with van der Waals surface area (Å²) in [7, 11) is 1.59. The first kappa shape index (κ1) is 17.4. The van der Waals surface area contributed by atoms with Crippen molar-refractivity contribution in [2.45, 2.75) is 38.3 Å². The largest absolute Gasteiger partial charge is 0.496 e. The molecule has 1 N–H and O–H groups in total. The Morgan fingerprint density at radius 3 is 2.84 bits per heavy atom. The van der Waals surface area contributed by atoms with E-state index in [0.29, 0.717) is 24.4 Å². The van der Waals surface area contributed by atoms with E-state index in [2.05, 4.69) is 10.3 Å². The minimum absolute atomic E-state index is 0.0309. The number of hydrogen-bond acceptors (Lipinski definition) is 5. The lowest BCUT2D eigenvalue weighted by molar-refractivity contribution is -0.130. The van der Waals surface area contributed by atoms with Crippen LogP contribution in [0, 0.1) is 0 Å². The smallest absolute Gasteiger partial charge is 0.227 e. The van der Waals surface area contributed by atoms with Gasteiger partial charge < -0.3 is 14.7 Å². The number of carbonyl (C=O) groups excluding carboxylic acids is 1. The fraction of sp³-hybridized carbons (Fsp3) is 0.500. The molecule has 0 radical (unpaired) electrons. The number of aliphatic hydroxyl groups is 1. The molecule has 7 nitrogen and oxygen atoms in total. The Hall–Kier alpha value is -2.41. The van der Waals surface area contributed by atoms with E-state index in [1.165, 1.54) is 0 Å². The van der Waals surface area contributed by atoms with Crippen LogP contribution in [0.1, 0.15) is 37.6 Å². The van der Waals surface area contributed by atoms with Gasteiger partial charge >= 0.3 is 0 Å². The van der Waals surface area contributed by atoms with Crippen LogP contribution < -0.4 is 4.74 Å². The molecule has 0 spiro atoms. The summed E-state index contributed by atoms with van der Waals surface area (Å²) in [5.74, 6) is 0.668. The maximum Gasteiger partial charge on any atom is 0.227 e. The lowest BCUT2D eigenvalue weighted by Gasteiger charge is -2.21. The minimum Gasteiger partial charge on any atom is -0.496 e. The number of likely N-dealkylation sites (tertiary alicyclic amines) is 1. The first-order valence-electron chi connectivity index (χ1n) is 8.47. The lowest BCUT2D eigenvalue weighted by atomic mass is 10.00. The second-order valence-corrected chi connectivity index (χ2v) is 6.76. The predicted octanol–water partition coefficient (Wildman–Crippen LogP) is 1.53. The van der Waals surface area contributed by atoms with Crippen molar-refractivity contribution in [2.24, 2.45) is 0 Å². The third-order valence-electron chi connectivity index (χ3n) is 4.65. The zero-order chi connectivity index (χ0) is 18.0. The van der Waals surface area contributed by atoms with Gasteiger partial charge in [-0.25, -0.2) is 4.68 Å². The molecule has 1 saturated heterocycles. The lowest BCUT2D eigenvalue weighted by Crippen LogP contribution is -2.35. The molecule has 1 aliphatic heterocycles. The highest BCUT2D eigenvalue weighted by molar-refractivity contribution is 5.80. The Labute approximate surface area is 147 Å². The third kappa shape index (κ3) is 3.51. The second kappa shape index (κ2) is 6.84. The number of aromatic nitrogens is 3. The van der Waals surface area contributed by atoms with Gasteiger partial charge in [-0.3, -0.25) is 4.79 Å². The molecule has 0 bridgehead atoms. The number of para-hydroxylation sites is 1. The fourth-order valence-corrected chi connectivity index (χ4v) is 3.08. The average molecular weight is 344 g/mol. The predicted molar refractivity (Wildman–Crippen MR) is 92.2 cm³/mol. The molecule has 25 heavy (non-hydrogen) atoms. The average Bonchev–Trinajstić information content (AvgIpc) is 3.23. The SMILES string of the molecule is COc1ccccc1CC(=O)N1CC[C@](O)(c2cn(C(C)C)nn2)C1. The summed E-state index contributed by atoms with van der Waals surface area (Å²) < 4.78 is 7.02. The van der Waals surface area contributed by atoms with Crippen molar-refractivity contribution in [1.29, 1.82) is 0 Å². The molecule has 0 unspecified atom stereocenters. The molecule has 7 heteroatoms. The van der Waals surface area contributed by atoms with E-state index in [1.807, 2.05) is 38.1 Å². The maximum absolute atomic E-state index is 12.6. The number of methoxy groups -OCH3 is 1. The van der Waals surface area contributed by atoms with Crippen LogP contribution in [0.3, 0.4) is 0 Å². The number of ether oxygens (including phenoxy) is 1. The molecule has 3 rings (SSSR count). The highest BCUT2D eigenvalue weighted by atomic mass is 16.5. The van der Waals surface area contributed by atoms with Crippen LogP contribution in [-0.2, 0) is 16.8 Å². The summed E-state index contributed by atoms with van der Waals surface area (Å²) in [6, 6.07) is 7.66. The summed E-state index contributed by atoms with van der Waals surface area (Å²) in [5.41, 5.74) is 0.230. The number of β-amino-alcohol motifs (C(OH)–C–C–N with tert-alkyl or cyclic N) is 1. The van der Waals surface area contributed by atoms with Crippen molar-refractivity contribution in [2.75, 3.05) is 20.2 Å². The van der Waals surface area contributed by atoms with Crippen LogP contribution >= 0.6 is 0 Å². The Bertz CT molecular complexity index is 758. The molecule has 1 fully saturated rings. The normalized spacial score (nSPS) is 20.3. The quantitative estimate of drug-likeness (QED) is 0.890. The van der Waals surface area contributed by atoms with Crippen molar-refractivity contribution < 1.29 is 14.6 Å². The Kier molecular flexibility index (Phi) is 4.76. The summed E-state index contributed by atoms with van der Waals surface area (Å²) in [5, 5.41) is 19.1. The molecule has 2 heterocycles.